The quantitative estimate of drug-likeness (QED) is 0.514. The maximum atomic E-state index is 12.0. The highest BCUT2D eigenvalue weighted by Crippen LogP contribution is 2.57. The molecule has 3 aliphatic carbocycles. The number of allylic oxidation sites excluding steroid dienone is 2. The van der Waals surface area contributed by atoms with E-state index in [1.165, 1.54) is 19.3 Å². The molecule has 5 atom stereocenters. The van der Waals surface area contributed by atoms with Gasteiger partial charge in [-0.2, -0.15) is 0 Å². The van der Waals surface area contributed by atoms with Crippen molar-refractivity contribution < 1.29 is 9.53 Å². The Morgan fingerprint density at radius 3 is 2.53 bits per heavy atom. The van der Waals surface area contributed by atoms with Gasteiger partial charge in [-0.05, 0) is 57.8 Å². The molecule has 0 aromatic rings. The Bertz CT molecular complexity index is 364. The van der Waals surface area contributed by atoms with E-state index in [1.54, 1.807) is 0 Å². The molecule has 2 saturated carbocycles. The summed E-state index contributed by atoms with van der Waals surface area (Å²) >= 11 is 0. The van der Waals surface area contributed by atoms with Crippen molar-refractivity contribution in [2.45, 2.75) is 46.1 Å². The van der Waals surface area contributed by atoms with Gasteiger partial charge in [-0.1, -0.05) is 12.2 Å². The lowest BCUT2D eigenvalue weighted by atomic mass is 9.82. The molecule has 0 heterocycles. The van der Waals surface area contributed by atoms with Gasteiger partial charge in [0.2, 0.25) is 0 Å². The number of esters is 1. The number of carbonyl (C=O) groups excluding carboxylic acids is 1. The van der Waals surface area contributed by atoms with E-state index in [-0.39, 0.29) is 17.5 Å². The summed E-state index contributed by atoms with van der Waals surface area (Å²) in [4.78, 5) is 12.0. The van der Waals surface area contributed by atoms with Crippen molar-refractivity contribution in [3.8, 4) is 0 Å². The average molecular weight is 234 g/mol. The Morgan fingerprint density at radius 1 is 1.18 bits per heavy atom. The molecule has 0 saturated heterocycles. The second kappa shape index (κ2) is 3.60. The third-order valence-corrected chi connectivity index (χ3v) is 4.84. The van der Waals surface area contributed by atoms with Crippen LogP contribution in [0.4, 0.5) is 0 Å². The van der Waals surface area contributed by atoms with Crippen LogP contribution in [0.3, 0.4) is 0 Å². The lowest BCUT2D eigenvalue weighted by Gasteiger charge is -2.24. The average Bonchev–Trinajstić information content (AvgIpc) is 2.87. The zero-order valence-corrected chi connectivity index (χ0v) is 11.0. The van der Waals surface area contributed by atoms with E-state index in [2.05, 4.69) is 12.2 Å². The van der Waals surface area contributed by atoms with Gasteiger partial charge in [0.25, 0.3) is 0 Å². The van der Waals surface area contributed by atoms with Gasteiger partial charge in [0, 0.05) is 5.92 Å². The SMILES string of the molecule is CC(C)(C)C(=O)OC1C2CCC1C1CC=CC12. The summed E-state index contributed by atoms with van der Waals surface area (Å²) in [5, 5.41) is 0. The first-order valence-electron chi connectivity index (χ1n) is 6.86. The molecule has 2 bridgehead atoms. The molecule has 0 amide bonds. The standard InChI is InChI=1S/C15H22O2/c1-15(2,3)14(16)17-13-11-7-8-12(13)10-6-4-5-9(10)11/h4-5,9-13H,6-8H2,1-3H3. The van der Waals surface area contributed by atoms with E-state index in [0.717, 1.165) is 5.92 Å². The zero-order valence-electron chi connectivity index (χ0n) is 11.0. The van der Waals surface area contributed by atoms with E-state index < -0.39 is 0 Å². The summed E-state index contributed by atoms with van der Waals surface area (Å²) in [6.07, 6.45) is 8.61. The molecular weight excluding hydrogens is 212 g/mol. The van der Waals surface area contributed by atoms with Gasteiger partial charge in [-0.25, -0.2) is 0 Å². The van der Waals surface area contributed by atoms with Crippen molar-refractivity contribution >= 4 is 5.97 Å². The summed E-state index contributed by atoms with van der Waals surface area (Å²) < 4.78 is 5.83. The summed E-state index contributed by atoms with van der Waals surface area (Å²) in [6, 6.07) is 0. The van der Waals surface area contributed by atoms with Crippen LogP contribution in [0.2, 0.25) is 0 Å². The Kier molecular flexibility index (Phi) is 2.39. The monoisotopic (exact) mass is 234 g/mol. The molecule has 0 spiro atoms. The number of rotatable bonds is 1. The minimum absolute atomic E-state index is 0.0247. The van der Waals surface area contributed by atoms with Gasteiger partial charge in [0.15, 0.2) is 0 Å². The van der Waals surface area contributed by atoms with Crippen LogP contribution in [0, 0.1) is 29.1 Å². The number of hydrogen-bond acceptors (Lipinski definition) is 2. The first-order chi connectivity index (χ1) is 7.98. The maximum absolute atomic E-state index is 12.0. The third kappa shape index (κ3) is 1.64. The van der Waals surface area contributed by atoms with Crippen molar-refractivity contribution in [3.05, 3.63) is 12.2 Å². The highest BCUT2D eigenvalue weighted by molar-refractivity contribution is 5.75. The van der Waals surface area contributed by atoms with Gasteiger partial charge < -0.3 is 4.74 Å². The fourth-order valence-corrected chi connectivity index (χ4v) is 3.99. The molecule has 2 heteroatoms. The van der Waals surface area contributed by atoms with Crippen molar-refractivity contribution in [1.82, 2.24) is 0 Å². The van der Waals surface area contributed by atoms with E-state index in [4.69, 9.17) is 4.74 Å². The van der Waals surface area contributed by atoms with Gasteiger partial charge in [0.1, 0.15) is 6.10 Å². The third-order valence-electron chi connectivity index (χ3n) is 4.84. The molecule has 0 aliphatic heterocycles. The number of fused-ring (bicyclic) bond motifs is 5. The molecule has 3 aliphatic rings. The highest BCUT2D eigenvalue weighted by atomic mass is 16.5. The predicted molar refractivity (Wildman–Crippen MR) is 66.3 cm³/mol. The molecule has 2 fully saturated rings. The molecule has 2 nitrogen and oxygen atoms in total. The normalized spacial score (nSPS) is 42.9. The van der Waals surface area contributed by atoms with Crippen LogP contribution in [0.1, 0.15) is 40.0 Å². The smallest absolute Gasteiger partial charge is 0.311 e. The van der Waals surface area contributed by atoms with Gasteiger partial charge in [-0.15, -0.1) is 0 Å². The molecule has 0 radical (unpaired) electrons. The lowest BCUT2D eigenvalue weighted by molar-refractivity contribution is -0.161. The first kappa shape index (κ1) is 11.3. The van der Waals surface area contributed by atoms with Crippen molar-refractivity contribution in [2.75, 3.05) is 0 Å². The lowest BCUT2D eigenvalue weighted by Crippen LogP contribution is -2.31. The fourth-order valence-electron chi connectivity index (χ4n) is 3.99. The Balaban J connectivity index is 1.74. The molecular formula is C15H22O2. The van der Waals surface area contributed by atoms with Crippen molar-refractivity contribution in [3.63, 3.8) is 0 Å². The largest absolute Gasteiger partial charge is 0.461 e. The zero-order chi connectivity index (χ0) is 12.2. The molecule has 94 valence electrons. The fraction of sp³-hybridized carbons (Fsp3) is 0.800. The molecule has 5 unspecified atom stereocenters. The van der Waals surface area contributed by atoms with Crippen LogP contribution in [0.25, 0.3) is 0 Å². The summed E-state index contributed by atoms with van der Waals surface area (Å²) in [7, 11) is 0. The summed E-state index contributed by atoms with van der Waals surface area (Å²) in [5.41, 5.74) is -0.368. The number of hydrogen-bond donors (Lipinski definition) is 0. The van der Waals surface area contributed by atoms with E-state index in [0.29, 0.717) is 17.8 Å². The van der Waals surface area contributed by atoms with Gasteiger partial charge in [-0.3, -0.25) is 4.79 Å². The van der Waals surface area contributed by atoms with Crippen molar-refractivity contribution in [1.29, 1.82) is 0 Å². The maximum Gasteiger partial charge on any atom is 0.311 e. The molecule has 0 N–H and O–H groups in total. The van der Waals surface area contributed by atoms with Crippen LogP contribution >= 0.6 is 0 Å². The summed E-state index contributed by atoms with van der Waals surface area (Å²) in [5.74, 6) is 2.68. The number of carbonyl (C=O) groups is 1. The second-order valence-corrected chi connectivity index (χ2v) is 6.93. The minimum Gasteiger partial charge on any atom is -0.461 e. The van der Waals surface area contributed by atoms with E-state index >= 15 is 0 Å². The second-order valence-electron chi connectivity index (χ2n) is 6.93. The predicted octanol–water partition coefficient (Wildman–Crippen LogP) is 3.18. The minimum atomic E-state index is -0.368. The highest BCUT2D eigenvalue weighted by Gasteiger charge is 2.56. The first-order valence-corrected chi connectivity index (χ1v) is 6.86. The van der Waals surface area contributed by atoms with Crippen LogP contribution in [-0.4, -0.2) is 12.1 Å². The Labute approximate surface area is 103 Å². The van der Waals surface area contributed by atoms with Crippen LogP contribution in [0.15, 0.2) is 12.2 Å². The Hall–Kier alpha value is -0.790. The Morgan fingerprint density at radius 2 is 1.88 bits per heavy atom. The van der Waals surface area contributed by atoms with Crippen LogP contribution < -0.4 is 0 Å². The summed E-state index contributed by atoms with van der Waals surface area (Å²) in [6.45, 7) is 5.81. The topological polar surface area (TPSA) is 26.3 Å². The molecule has 0 aromatic carbocycles. The van der Waals surface area contributed by atoms with Gasteiger partial charge >= 0.3 is 5.97 Å². The number of ether oxygens (including phenoxy) is 1. The molecule has 17 heavy (non-hydrogen) atoms. The van der Waals surface area contributed by atoms with Gasteiger partial charge in [0.05, 0.1) is 5.41 Å². The van der Waals surface area contributed by atoms with E-state index in [1.807, 2.05) is 20.8 Å². The molecule has 0 aromatic heterocycles. The van der Waals surface area contributed by atoms with E-state index in [9.17, 15) is 4.79 Å². The van der Waals surface area contributed by atoms with Crippen LogP contribution in [-0.2, 0) is 9.53 Å². The van der Waals surface area contributed by atoms with Crippen molar-refractivity contribution in [2.24, 2.45) is 29.1 Å². The van der Waals surface area contributed by atoms with Crippen LogP contribution in [0.5, 0.6) is 0 Å². The molecule has 3 rings (SSSR count).